The van der Waals surface area contributed by atoms with Crippen LogP contribution in [0.5, 0.6) is 0 Å². The van der Waals surface area contributed by atoms with Crippen molar-refractivity contribution in [3.63, 3.8) is 0 Å². The van der Waals surface area contributed by atoms with Crippen LogP contribution in [0.3, 0.4) is 0 Å². The molecule has 0 N–H and O–H groups in total. The molecule has 1 aliphatic heterocycles. The van der Waals surface area contributed by atoms with Crippen molar-refractivity contribution < 1.29 is 19.1 Å². The molecule has 0 bridgehead atoms. The van der Waals surface area contributed by atoms with Crippen molar-refractivity contribution in [2.45, 2.75) is 38.5 Å². The number of carbonyl (C=O) groups excluding carboxylic acids is 2. The highest BCUT2D eigenvalue weighted by Gasteiger charge is 2.35. The summed E-state index contributed by atoms with van der Waals surface area (Å²) in [6.45, 7) is 3.71. The maximum absolute atomic E-state index is 13.0. The molecular formula is C24H28Cl2N2O4. The smallest absolute Gasteiger partial charge is 0.328 e. The first-order valence-corrected chi connectivity index (χ1v) is 11.4. The highest BCUT2D eigenvalue weighted by Crippen LogP contribution is 2.30. The Labute approximate surface area is 199 Å². The molecule has 0 radical (unpaired) electrons. The normalized spacial score (nSPS) is 17.8. The maximum Gasteiger partial charge on any atom is 0.328 e. The van der Waals surface area contributed by atoms with Gasteiger partial charge in [0.25, 0.3) is 0 Å². The lowest BCUT2D eigenvalue weighted by Crippen LogP contribution is -2.49. The summed E-state index contributed by atoms with van der Waals surface area (Å²) in [4.78, 5) is 29.3. The van der Waals surface area contributed by atoms with Crippen LogP contribution in [0.4, 0.5) is 5.69 Å². The highest BCUT2D eigenvalue weighted by atomic mass is 35.5. The molecule has 3 rings (SSSR count). The van der Waals surface area contributed by atoms with Crippen LogP contribution >= 0.6 is 23.2 Å². The highest BCUT2D eigenvalue weighted by molar-refractivity contribution is 6.42. The molecule has 0 spiro atoms. The van der Waals surface area contributed by atoms with E-state index in [9.17, 15) is 9.59 Å². The maximum atomic E-state index is 13.0. The number of ether oxygens (including phenoxy) is 2. The first kappa shape index (κ1) is 24.4. The lowest BCUT2D eigenvalue weighted by Gasteiger charge is -2.33. The average Bonchev–Trinajstić information content (AvgIpc) is 2.94. The molecule has 2 aromatic rings. The number of carbonyl (C=O) groups is 2. The van der Waals surface area contributed by atoms with Gasteiger partial charge in [0, 0.05) is 44.3 Å². The van der Waals surface area contributed by atoms with Crippen LogP contribution in [0.2, 0.25) is 10.0 Å². The lowest BCUT2D eigenvalue weighted by atomic mass is 10.1. The molecule has 2 atom stereocenters. The van der Waals surface area contributed by atoms with Gasteiger partial charge in [-0.15, -0.1) is 0 Å². The van der Waals surface area contributed by atoms with Crippen LogP contribution in [0, 0.1) is 0 Å². The van der Waals surface area contributed by atoms with Crippen molar-refractivity contribution in [1.29, 1.82) is 0 Å². The van der Waals surface area contributed by atoms with Gasteiger partial charge in [-0.25, -0.2) is 4.79 Å². The van der Waals surface area contributed by atoms with Gasteiger partial charge >= 0.3 is 5.97 Å². The third-order valence-electron chi connectivity index (χ3n) is 5.61. The van der Waals surface area contributed by atoms with Gasteiger partial charge in [-0.05, 0) is 30.7 Å². The molecule has 1 amide bonds. The minimum Gasteiger partial charge on any atom is -0.467 e. The Bertz CT molecular complexity index is 925. The van der Waals surface area contributed by atoms with E-state index in [2.05, 4.69) is 4.90 Å². The molecule has 0 saturated carbocycles. The Morgan fingerprint density at radius 1 is 1.16 bits per heavy atom. The van der Waals surface area contributed by atoms with Crippen molar-refractivity contribution in [3.8, 4) is 0 Å². The quantitative estimate of drug-likeness (QED) is 0.410. The molecule has 1 saturated heterocycles. The van der Waals surface area contributed by atoms with Gasteiger partial charge in [0.1, 0.15) is 6.04 Å². The molecule has 1 heterocycles. The largest absolute Gasteiger partial charge is 0.467 e. The zero-order valence-corrected chi connectivity index (χ0v) is 19.8. The Morgan fingerprint density at radius 2 is 1.91 bits per heavy atom. The number of halogens is 2. The van der Waals surface area contributed by atoms with Crippen molar-refractivity contribution in [3.05, 3.63) is 64.1 Å². The van der Waals surface area contributed by atoms with E-state index >= 15 is 0 Å². The van der Waals surface area contributed by atoms with E-state index in [1.165, 1.54) is 7.11 Å². The molecule has 1 fully saturated rings. The lowest BCUT2D eigenvalue weighted by molar-refractivity contribution is -0.153. The third kappa shape index (κ3) is 6.15. The molecule has 0 aliphatic carbocycles. The molecule has 1 aliphatic rings. The summed E-state index contributed by atoms with van der Waals surface area (Å²) < 4.78 is 10.8. The van der Waals surface area contributed by atoms with Crippen LogP contribution in [-0.2, 0) is 25.7 Å². The molecular weight excluding hydrogens is 451 g/mol. The monoisotopic (exact) mass is 478 g/mol. The summed E-state index contributed by atoms with van der Waals surface area (Å²) >= 11 is 12.2. The average molecular weight is 479 g/mol. The number of esters is 1. The third-order valence-corrected chi connectivity index (χ3v) is 6.35. The van der Waals surface area contributed by atoms with Crippen molar-refractivity contribution in [2.24, 2.45) is 0 Å². The number of nitrogens with zero attached hydrogens (tertiary/aromatic N) is 2. The second kappa shape index (κ2) is 11.5. The van der Waals surface area contributed by atoms with Crippen molar-refractivity contribution >= 4 is 40.8 Å². The number of benzene rings is 2. The number of hydrogen-bond acceptors (Lipinski definition) is 5. The summed E-state index contributed by atoms with van der Waals surface area (Å²) in [5, 5.41) is 0.948. The van der Waals surface area contributed by atoms with Gasteiger partial charge in [-0.1, -0.05) is 53.5 Å². The van der Waals surface area contributed by atoms with Crippen LogP contribution < -0.4 is 4.90 Å². The zero-order chi connectivity index (χ0) is 23.1. The van der Waals surface area contributed by atoms with Crippen LogP contribution in [0.25, 0.3) is 0 Å². The van der Waals surface area contributed by atoms with Crippen LogP contribution in [0.15, 0.2) is 48.5 Å². The molecule has 8 heteroatoms. The molecule has 32 heavy (non-hydrogen) atoms. The van der Waals surface area contributed by atoms with Gasteiger partial charge in [0.15, 0.2) is 0 Å². The molecule has 0 aromatic heterocycles. The summed E-state index contributed by atoms with van der Waals surface area (Å²) in [5.74, 6) is -0.519. The standard InChI is InChI=1S/C24H28Cl2N2O4/c1-17-15-28(23(29)10-12-27(17)19-8-9-20(25)21(26)14-19)22(24(30)31-2)11-13-32-16-18-6-4-3-5-7-18/h3-9,14,17,22H,10-13,15-16H2,1-2H3. The van der Waals surface area contributed by atoms with E-state index in [1.807, 2.05) is 43.3 Å². The number of rotatable bonds is 8. The molecule has 2 aromatic carbocycles. The van der Waals surface area contributed by atoms with Crippen LogP contribution in [-0.4, -0.2) is 55.7 Å². The van der Waals surface area contributed by atoms with Gasteiger partial charge in [0.2, 0.25) is 5.91 Å². The van der Waals surface area contributed by atoms with E-state index < -0.39 is 12.0 Å². The topological polar surface area (TPSA) is 59.1 Å². The Balaban J connectivity index is 1.68. The van der Waals surface area contributed by atoms with Crippen LogP contribution in [0.1, 0.15) is 25.3 Å². The Morgan fingerprint density at radius 3 is 2.59 bits per heavy atom. The first-order chi connectivity index (χ1) is 15.4. The fourth-order valence-corrected chi connectivity index (χ4v) is 4.20. The predicted molar refractivity (Wildman–Crippen MR) is 126 cm³/mol. The van der Waals surface area contributed by atoms with Gasteiger partial charge in [-0.2, -0.15) is 0 Å². The predicted octanol–water partition coefficient (Wildman–Crippen LogP) is 4.57. The Hall–Kier alpha value is -2.28. The van der Waals surface area contributed by atoms with Gasteiger partial charge in [0.05, 0.1) is 23.8 Å². The SMILES string of the molecule is COC(=O)C(CCOCc1ccccc1)N1CC(C)N(c2ccc(Cl)c(Cl)c2)CCC1=O. The van der Waals surface area contributed by atoms with Crippen molar-refractivity contribution in [2.75, 3.05) is 31.7 Å². The fourth-order valence-electron chi connectivity index (χ4n) is 3.91. The van der Waals surface area contributed by atoms with Gasteiger partial charge in [-0.3, -0.25) is 4.79 Å². The first-order valence-electron chi connectivity index (χ1n) is 10.6. The number of anilines is 1. The molecule has 6 nitrogen and oxygen atoms in total. The minimum atomic E-state index is -0.695. The minimum absolute atomic E-state index is 0.0314. The van der Waals surface area contributed by atoms with E-state index in [4.69, 9.17) is 32.7 Å². The summed E-state index contributed by atoms with van der Waals surface area (Å²) in [6.07, 6.45) is 0.647. The summed E-state index contributed by atoms with van der Waals surface area (Å²) in [6, 6.07) is 14.5. The van der Waals surface area contributed by atoms with Gasteiger partial charge < -0.3 is 19.3 Å². The van der Waals surface area contributed by atoms with Crippen molar-refractivity contribution in [1.82, 2.24) is 4.90 Å². The van der Waals surface area contributed by atoms with E-state index in [-0.39, 0.29) is 18.4 Å². The second-order valence-electron chi connectivity index (χ2n) is 7.80. The van der Waals surface area contributed by atoms with E-state index in [0.717, 1.165) is 11.3 Å². The molecule has 2 unspecified atom stereocenters. The molecule has 172 valence electrons. The number of hydrogen-bond donors (Lipinski definition) is 0. The second-order valence-corrected chi connectivity index (χ2v) is 8.62. The number of amides is 1. The van der Waals surface area contributed by atoms with E-state index in [0.29, 0.717) is 42.8 Å². The fraction of sp³-hybridized carbons (Fsp3) is 0.417. The Kier molecular flexibility index (Phi) is 8.79. The summed E-state index contributed by atoms with van der Waals surface area (Å²) in [5.41, 5.74) is 1.95. The van der Waals surface area contributed by atoms with E-state index in [1.54, 1.807) is 17.0 Å². The number of methoxy groups -OCH3 is 1. The zero-order valence-electron chi connectivity index (χ0n) is 18.3. The summed E-state index contributed by atoms with van der Waals surface area (Å²) in [7, 11) is 1.34.